The first-order valence-corrected chi connectivity index (χ1v) is 4.47. The van der Waals surface area contributed by atoms with Crippen LogP contribution in [-0.4, -0.2) is 21.2 Å². The average molecular weight is 166 g/mol. The molecule has 0 radical (unpaired) electrons. The van der Waals surface area contributed by atoms with E-state index in [9.17, 15) is 0 Å². The Hall–Kier alpha value is -0.900. The summed E-state index contributed by atoms with van der Waals surface area (Å²) < 4.78 is 0. The van der Waals surface area contributed by atoms with Gasteiger partial charge in [0.2, 0.25) is 0 Å². The molecule has 0 atom stereocenters. The molecular formula is C8H14N4. The fourth-order valence-electron chi connectivity index (χ4n) is 1.80. The smallest absolute Gasteiger partial charge is 0.137 e. The van der Waals surface area contributed by atoms with Gasteiger partial charge in [-0.25, -0.2) is 4.98 Å². The molecule has 0 spiro atoms. The monoisotopic (exact) mass is 166 g/mol. The van der Waals surface area contributed by atoms with E-state index in [1.807, 2.05) is 0 Å². The Labute approximate surface area is 71.6 Å². The van der Waals surface area contributed by atoms with Crippen molar-refractivity contribution in [1.82, 2.24) is 15.2 Å². The zero-order chi connectivity index (χ0) is 8.39. The van der Waals surface area contributed by atoms with Crippen LogP contribution in [0, 0.1) is 0 Å². The Kier molecular flexibility index (Phi) is 2.08. The zero-order valence-corrected chi connectivity index (χ0v) is 7.03. The second-order valence-electron chi connectivity index (χ2n) is 3.48. The molecule has 1 aliphatic carbocycles. The van der Waals surface area contributed by atoms with Crippen LogP contribution in [0.5, 0.6) is 0 Å². The van der Waals surface area contributed by atoms with Gasteiger partial charge in [-0.1, -0.05) is 0 Å². The molecule has 1 aliphatic rings. The molecule has 66 valence electrons. The number of aromatic nitrogens is 3. The lowest BCUT2D eigenvalue weighted by Crippen LogP contribution is -2.26. The minimum Gasteiger partial charge on any atom is -0.328 e. The van der Waals surface area contributed by atoms with Crippen LogP contribution in [-0.2, 0) is 0 Å². The van der Waals surface area contributed by atoms with Gasteiger partial charge in [0.25, 0.3) is 0 Å². The average Bonchev–Trinajstić information content (AvgIpc) is 2.58. The predicted octanol–water partition coefficient (Wildman–Crippen LogP) is 0.790. The summed E-state index contributed by atoms with van der Waals surface area (Å²) in [5.41, 5.74) is 5.80. The molecule has 1 heterocycles. The largest absolute Gasteiger partial charge is 0.328 e. The van der Waals surface area contributed by atoms with Crippen LogP contribution < -0.4 is 5.73 Å². The van der Waals surface area contributed by atoms with Crippen molar-refractivity contribution in [3.05, 3.63) is 12.2 Å². The van der Waals surface area contributed by atoms with Crippen molar-refractivity contribution in [3.8, 4) is 0 Å². The van der Waals surface area contributed by atoms with E-state index in [0.717, 1.165) is 31.5 Å². The van der Waals surface area contributed by atoms with Gasteiger partial charge in [0.1, 0.15) is 12.2 Å². The minimum absolute atomic E-state index is 0.407. The minimum atomic E-state index is 0.407. The molecule has 4 heteroatoms. The Bertz CT molecular complexity index is 223. The first kappa shape index (κ1) is 7.73. The van der Waals surface area contributed by atoms with Crippen LogP contribution in [0.15, 0.2) is 6.33 Å². The molecular weight excluding hydrogens is 152 g/mol. The van der Waals surface area contributed by atoms with Crippen LogP contribution in [0.3, 0.4) is 0 Å². The molecule has 0 amide bonds. The summed E-state index contributed by atoms with van der Waals surface area (Å²) in [5, 5.41) is 6.77. The molecule has 0 bridgehead atoms. The van der Waals surface area contributed by atoms with E-state index in [1.54, 1.807) is 6.33 Å². The highest BCUT2D eigenvalue weighted by atomic mass is 15.2. The molecule has 0 unspecified atom stereocenters. The molecule has 2 rings (SSSR count). The molecule has 4 nitrogen and oxygen atoms in total. The van der Waals surface area contributed by atoms with Crippen molar-refractivity contribution >= 4 is 0 Å². The Balaban J connectivity index is 1.99. The van der Waals surface area contributed by atoms with Crippen molar-refractivity contribution < 1.29 is 0 Å². The van der Waals surface area contributed by atoms with E-state index in [4.69, 9.17) is 5.73 Å². The molecule has 0 saturated heterocycles. The SMILES string of the molecule is N[C@H]1CC[C@@H](c2ncn[nH]2)CC1. The zero-order valence-electron chi connectivity index (χ0n) is 7.03. The second kappa shape index (κ2) is 3.23. The van der Waals surface area contributed by atoms with Crippen LogP contribution in [0.25, 0.3) is 0 Å². The third-order valence-electron chi connectivity index (χ3n) is 2.59. The number of H-pyrrole nitrogens is 1. The Morgan fingerprint density at radius 2 is 2.08 bits per heavy atom. The number of nitrogens with two attached hydrogens (primary N) is 1. The van der Waals surface area contributed by atoms with Crippen molar-refractivity contribution in [3.63, 3.8) is 0 Å². The maximum Gasteiger partial charge on any atom is 0.137 e. The van der Waals surface area contributed by atoms with Crippen LogP contribution >= 0.6 is 0 Å². The third-order valence-corrected chi connectivity index (χ3v) is 2.59. The molecule has 12 heavy (non-hydrogen) atoms. The number of nitrogens with zero attached hydrogens (tertiary/aromatic N) is 2. The Morgan fingerprint density at radius 3 is 2.67 bits per heavy atom. The van der Waals surface area contributed by atoms with E-state index in [0.29, 0.717) is 12.0 Å². The highest BCUT2D eigenvalue weighted by Gasteiger charge is 2.21. The van der Waals surface area contributed by atoms with Crippen molar-refractivity contribution in [2.45, 2.75) is 37.6 Å². The predicted molar refractivity (Wildman–Crippen MR) is 45.6 cm³/mol. The van der Waals surface area contributed by atoms with Crippen molar-refractivity contribution in [2.75, 3.05) is 0 Å². The summed E-state index contributed by atoms with van der Waals surface area (Å²) in [6.07, 6.45) is 6.10. The molecule has 1 aromatic heterocycles. The normalized spacial score (nSPS) is 30.4. The Morgan fingerprint density at radius 1 is 1.33 bits per heavy atom. The van der Waals surface area contributed by atoms with Crippen molar-refractivity contribution in [1.29, 1.82) is 0 Å². The molecule has 0 aromatic carbocycles. The van der Waals surface area contributed by atoms with Gasteiger partial charge < -0.3 is 5.73 Å². The summed E-state index contributed by atoms with van der Waals surface area (Å²) in [7, 11) is 0. The van der Waals surface area contributed by atoms with E-state index < -0.39 is 0 Å². The lowest BCUT2D eigenvalue weighted by molar-refractivity contribution is 0.385. The molecule has 3 N–H and O–H groups in total. The fraction of sp³-hybridized carbons (Fsp3) is 0.750. The maximum absolute atomic E-state index is 5.80. The molecule has 0 aliphatic heterocycles. The number of rotatable bonds is 1. The first-order valence-electron chi connectivity index (χ1n) is 4.47. The summed E-state index contributed by atoms with van der Waals surface area (Å²) in [4.78, 5) is 4.16. The van der Waals surface area contributed by atoms with Gasteiger partial charge in [-0.3, -0.25) is 5.10 Å². The lowest BCUT2D eigenvalue weighted by atomic mass is 9.86. The van der Waals surface area contributed by atoms with Crippen molar-refractivity contribution in [2.24, 2.45) is 5.73 Å². The van der Waals surface area contributed by atoms with Gasteiger partial charge in [-0.2, -0.15) is 5.10 Å². The number of hydrogen-bond acceptors (Lipinski definition) is 3. The molecule has 1 fully saturated rings. The summed E-state index contributed by atoms with van der Waals surface area (Å²) in [5.74, 6) is 1.59. The van der Waals surface area contributed by atoms with E-state index >= 15 is 0 Å². The van der Waals surface area contributed by atoms with Gasteiger partial charge in [0.15, 0.2) is 0 Å². The van der Waals surface area contributed by atoms with Gasteiger partial charge in [-0.15, -0.1) is 0 Å². The highest BCUT2D eigenvalue weighted by Crippen LogP contribution is 2.29. The van der Waals surface area contributed by atoms with Crippen LogP contribution in [0.4, 0.5) is 0 Å². The van der Waals surface area contributed by atoms with Gasteiger partial charge in [0, 0.05) is 12.0 Å². The van der Waals surface area contributed by atoms with Gasteiger partial charge in [0.05, 0.1) is 0 Å². The molecule has 1 saturated carbocycles. The summed E-state index contributed by atoms with van der Waals surface area (Å²) in [6, 6.07) is 0.407. The quantitative estimate of drug-likeness (QED) is 0.648. The number of nitrogens with one attached hydrogen (secondary N) is 1. The van der Waals surface area contributed by atoms with E-state index in [1.165, 1.54) is 0 Å². The maximum atomic E-state index is 5.80. The highest BCUT2D eigenvalue weighted by molar-refractivity contribution is 4.95. The van der Waals surface area contributed by atoms with Crippen LogP contribution in [0.2, 0.25) is 0 Å². The van der Waals surface area contributed by atoms with Gasteiger partial charge in [-0.05, 0) is 25.7 Å². The second-order valence-corrected chi connectivity index (χ2v) is 3.48. The standard InChI is InChI=1S/C8H14N4/c9-7-3-1-6(2-4-7)8-10-5-11-12-8/h5-7H,1-4,9H2,(H,10,11,12)/t6-,7+. The van der Waals surface area contributed by atoms with Crippen LogP contribution in [0.1, 0.15) is 37.4 Å². The van der Waals surface area contributed by atoms with E-state index in [-0.39, 0.29) is 0 Å². The third kappa shape index (κ3) is 1.48. The lowest BCUT2D eigenvalue weighted by Gasteiger charge is -2.23. The van der Waals surface area contributed by atoms with Gasteiger partial charge >= 0.3 is 0 Å². The topological polar surface area (TPSA) is 67.6 Å². The van der Waals surface area contributed by atoms with E-state index in [2.05, 4.69) is 15.2 Å². The fourth-order valence-corrected chi connectivity index (χ4v) is 1.80. The first-order chi connectivity index (χ1) is 5.86. The number of hydrogen-bond donors (Lipinski definition) is 2. The summed E-state index contributed by atoms with van der Waals surface area (Å²) >= 11 is 0. The summed E-state index contributed by atoms with van der Waals surface area (Å²) in [6.45, 7) is 0. The number of aromatic amines is 1. The molecule has 1 aromatic rings.